The quantitative estimate of drug-likeness (QED) is 0.524. The molecule has 4 aromatic rings. The lowest BCUT2D eigenvalue weighted by molar-refractivity contribution is 0.102. The van der Waals surface area contributed by atoms with Gasteiger partial charge < -0.3 is 5.32 Å². The van der Waals surface area contributed by atoms with Gasteiger partial charge in [0, 0.05) is 23.4 Å². The summed E-state index contributed by atoms with van der Waals surface area (Å²) in [6.07, 6.45) is 5.45. The largest absolute Gasteiger partial charge is 0.319 e. The third-order valence-corrected chi connectivity index (χ3v) is 5.00. The number of hydrogen-bond donors (Lipinski definition) is 1. The van der Waals surface area contributed by atoms with Crippen LogP contribution >= 0.6 is 0 Å². The van der Waals surface area contributed by atoms with Gasteiger partial charge in [0.15, 0.2) is 0 Å². The fraction of sp³-hybridized carbons (Fsp3) is 0.208. The molecule has 0 aliphatic rings. The third kappa shape index (κ3) is 3.76. The zero-order valence-corrected chi connectivity index (χ0v) is 17.1. The van der Waals surface area contributed by atoms with Crippen LogP contribution in [-0.2, 0) is 5.41 Å². The van der Waals surface area contributed by atoms with Gasteiger partial charge in [-0.05, 0) is 29.7 Å². The summed E-state index contributed by atoms with van der Waals surface area (Å²) in [4.78, 5) is 21.9. The lowest BCUT2D eigenvalue weighted by Gasteiger charge is -2.13. The minimum atomic E-state index is -0.155. The van der Waals surface area contributed by atoms with Crippen LogP contribution in [0.1, 0.15) is 42.4 Å². The highest BCUT2D eigenvalue weighted by Crippen LogP contribution is 2.26. The van der Waals surface area contributed by atoms with E-state index in [-0.39, 0.29) is 11.3 Å². The van der Waals surface area contributed by atoms with Gasteiger partial charge in [-0.2, -0.15) is 0 Å². The summed E-state index contributed by atoms with van der Waals surface area (Å²) in [6.45, 7) is 8.31. The van der Waals surface area contributed by atoms with E-state index in [1.54, 1.807) is 6.20 Å². The number of amides is 1. The molecule has 0 aliphatic carbocycles. The first-order valence-electron chi connectivity index (χ1n) is 9.64. The Kier molecular flexibility index (Phi) is 4.66. The average Bonchev–Trinajstić information content (AvgIpc) is 3.13. The van der Waals surface area contributed by atoms with Crippen LogP contribution in [0.2, 0.25) is 0 Å². The fourth-order valence-electron chi connectivity index (χ4n) is 3.32. The van der Waals surface area contributed by atoms with E-state index in [4.69, 9.17) is 0 Å². The molecule has 4 rings (SSSR count). The summed E-state index contributed by atoms with van der Waals surface area (Å²) < 4.78 is 1.85. The van der Waals surface area contributed by atoms with Gasteiger partial charge in [0.1, 0.15) is 0 Å². The number of aromatic nitrogens is 3. The van der Waals surface area contributed by atoms with Gasteiger partial charge in [-0.15, -0.1) is 0 Å². The highest BCUT2D eigenvalue weighted by Gasteiger charge is 2.18. The molecule has 0 bridgehead atoms. The molecule has 0 saturated carbocycles. The normalized spacial score (nSPS) is 11.6. The molecule has 2 heterocycles. The fourth-order valence-corrected chi connectivity index (χ4v) is 3.32. The molecule has 0 saturated heterocycles. The Hall–Kier alpha value is -3.47. The minimum Gasteiger partial charge on any atom is -0.319 e. The van der Waals surface area contributed by atoms with E-state index in [0.717, 1.165) is 22.4 Å². The predicted molar refractivity (Wildman–Crippen MR) is 116 cm³/mol. The van der Waals surface area contributed by atoms with Crippen molar-refractivity contribution in [3.8, 4) is 11.1 Å². The van der Waals surface area contributed by atoms with Crippen LogP contribution in [0, 0.1) is 6.92 Å². The summed E-state index contributed by atoms with van der Waals surface area (Å²) in [5.41, 5.74) is 5.26. The number of rotatable bonds is 3. The molecule has 2 aromatic carbocycles. The van der Waals surface area contributed by atoms with Gasteiger partial charge in [0.25, 0.3) is 5.91 Å². The second-order valence-electron chi connectivity index (χ2n) is 8.22. The number of anilines is 1. The number of carbonyl (C=O) groups is 1. The number of benzene rings is 2. The highest BCUT2D eigenvalue weighted by molar-refractivity contribution is 6.06. The predicted octanol–water partition coefficient (Wildman–Crippen LogP) is 5.25. The van der Waals surface area contributed by atoms with E-state index in [0.29, 0.717) is 17.0 Å². The van der Waals surface area contributed by atoms with Crippen molar-refractivity contribution in [2.45, 2.75) is 33.1 Å². The molecule has 0 fully saturated rings. The Morgan fingerprint density at radius 3 is 2.48 bits per heavy atom. The Labute approximate surface area is 170 Å². The van der Waals surface area contributed by atoms with Gasteiger partial charge in [0.2, 0.25) is 5.78 Å². The molecule has 0 atom stereocenters. The molecule has 5 heteroatoms. The van der Waals surface area contributed by atoms with Crippen molar-refractivity contribution in [3.05, 3.63) is 83.9 Å². The maximum Gasteiger partial charge on any atom is 0.256 e. The van der Waals surface area contributed by atoms with E-state index >= 15 is 0 Å². The first-order chi connectivity index (χ1) is 13.8. The minimum absolute atomic E-state index is 0.0634. The van der Waals surface area contributed by atoms with Crippen LogP contribution in [0.5, 0.6) is 0 Å². The highest BCUT2D eigenvalue weighted by atomic mass is 16.1. The first kappa shape index (κ1) is 18.9. The molecule has 0 aliphatic heterocycles. The number of imidazole rings is 1. The second-order valence-corrected chi connectivity index (χ2v) is 8.22. The van der Waals surface area contributed by atoms with E-state index < -0.39 is 0 Å². The van der Waals surface area contributed by atoms with Crippen LogP contribution in [0.15, 0.2) is 67.1 Å². The lowest BCUT2D eigenvalue weighted by atomic mass is 9.93. The van der Waals surface area contributed by atoms with Crippen molar-refractivity contribution in [1.82, 2.24) is 14.4 Å². The van der Waals surface area contributed by atoms with Crippen LogP contribution in [-0.4, -0.2) is 20.3 Å². The Morgan fingerprint density at radius 2 is 1.76 bits per heavy atom. The lowest BCUT2D eigenvalue weighted by Crippen LogP contribution is -2.14. The Balaban J connectivity index is 1.63. The van der Waals surface area contributed by atoms with Gasteiger partial charge in [0.05, 0.1) is 17.6 Å². The summed E-state index contributed by atoms with van der Waals surface area (Å²) in [5, 5.41) is 2.97. The Bertz CT molecular complexity index is 1190. The smallest absolute Gasteiger partial charge is 0.256 e. The van der Waals surface area contributed by atoms with Crippen molar-refractivity contribution in [3.63, 3.8) is 0 Å². The average molecular weight is 384 g/mol. The molecular formula is C24H24N4O. The SMILES string of the molecule is Cc1c(C(=O)Nc2cnc3nc(C(C)(C)C)cn3c2)cccc1-c1ccccc1. The van der Waals surface area contributed by atoms with Crippen molar-refractivity contribution in [1.29, 1.82) is 0 Å². The van der Waals surface area contributed by atoms with Gasteiger partial charge >= 0.3 is 0 Å². The van der Waals surface area contributed by atoms with Crippen LogP contribution in [0.25, 0.3) is 16.9 Å². The van der Waals surface area contributed by atoms with Crippen molar-refractivity contribution < 1.29 is 4.79 Å². The molecule has 0 unspecified atom stereocenters. The molecule has 1 amide bonds. The monoisotopic (exact) mass is 384 g/mol. The maximum atomic E-state index is 13.0. The van der Waals surface area contributed by atoms with E-state index in [1.807, 2.05) is 72.2 Å². The van der Waals surface area contributed by atoms with Gasteiger partial charge in [-0.3, -0.25) is 9.20 Å². The number of nitrogens with one attached hydrogen (secondary N) is 1. The van der Waals surface area contributed by atoms with Crippen LogP contribution < -0.4 is 5.32 Å². The summed E-state index contributed by atoms with van der Waals surface area (Å²) in [5.74, 6) is 0.466. The molecule has 29 heavy (non-hydrogen) atoms. The summed E-state index contributed by atoms with van der Waals surface area (Å²) >= 11 is 0. The number of carbonyl (C=O) groups excluding carboxylic acids is 1. The van der Waals surface area contributed by atoms with Gasteiger partial charge in [-0.25, -0.2) is 9.97 Å². The molecule has 146 valence electrons. The van der Waals surface area contributed by atoms with Crippen LogP contribution in [0.3, 0.4) is 0 Å². The maximum absolute atomic E-state index is 13.0. The molecular weight excluding hydrogens is 360 g/mol. The van der Waals surface area contributed by atoms with E-state index in [1.165, 1.54) is 0 Å². The molecule has 1 N–H and O–H groups in total. The second kappa shape index (κ2) is 7.17. The van der Waals surface area contributed by atoms with Crippen LogP contribution in [0.4, 0.5) is 5.69 Å². The summed E-state index contributed by atoms with van der Waals surface area (Å²) in [7, 11) is 0. The van der Waals surface area contributed by atoms with E-state index in [2.05, 4.69) is 36.1 Å². The molecule has 0 radical (unpaired) electrons. The van der Waals surface area contributed by atoms with E-state index in [9.17, 15) is 4.79 Å². The Morgan fingerprint density at radius 1 is 1.00 bits per heavy atom. The van der Waals surface area contributed by atoms with Crippen molar-refractivity contribution in [2.24, 2.45) is 0 Å². The third-order valence-electron chi connectivity index (χ3n) is 5.00. The zero-order valence-electron chi connectivity index (χ0n) is 17.1. The van der Waals surface area contributed by atoms with Crippen molar-refractivity contribution in [2.75, 3.05) is 5.32 Å². The molecule has 5 nitrogen and oxygen atoms in total. The topological polar surface area (TPSA) is 59.3 Å². The first-order valence-corrected chi connectivity index (χ1v) is 9.64. The number of hydrogen-bond acceptors (Lipinski definition) is 3. The summed E-state index contributed by atoms with van der Waals surface area (Å²) in [6, 6.07) is 15.9. The zero-order chi connectivity index (χ0) is 20.6. The number of fused-ring (bicyclic) bond motifs is 1. The van der Waals surface area contributed by atoms with Crippen molar-refractivity contribution >= 4 is 17.4 Å². The molecule has 0 spiro atoms. The van der Waals surface area contributed by atoms with Gasteiger partial charge in [-0.1, -0.05) is 63.2 Å². The molecule has 2 aromatic heterocycles. The standard InChI is InChI=1S/C24H24N4O/c1-16-19(17-9-6-5-7-10-17)11-8-12-20(16)22(29)26-18-13-25-23-27-21(24(2,3)4)15-28(23)14-18/h5-15H,1-4H3,(H,26,29). The number of nitrogens with zero attached hydrogens (tertiary/aromatic N) is 3.